The van der Waals surface area contributed by atoms with Crippen LogP contribution in [-0.2, 0) is 4.65 Å². The van der Waals surface area contributed by atoms with Crippen molar-refractivity contribution in [3.05, 3.63) is 0 Å². The van der Waals surface area contributed by atoms with Gasteiger partial charge >= 0.3 is 7.69 Å². The molecule has 0 heterocycles. The molecule has 0 aliphatic carbocycles. The highest BCUT2D eigenvalue weighted by Crippen LogP contribution is 1.76. The molecule has 0 aromatic rings. The molecule has 0 amide bonds. The molecule has 0 spiro atoms. The molecule has 3 heteroatoms. The van der Waals surface area contributed by atoms with Gasteiger partial charge in [0.25, 0.3) is 0 Å². The van der Waals surface area contributed by atoms with E-state index in [1.807, 2.05) is 0 Å². The molecule has 0 aliphatic heterocycles. The molecule has 1 N–H and O–H groups in total. The highest BCUT2D eigenvalue weighted by molar-refractivity contribution is 6.15. The summed E-state index contributed by atoms with van der Waals surface area (Å²) < 4.78 is 3.97. The van der Waals surface area contributed by atoms with Crippen molar-refractivity contribution in [2.45, 2.75) is 26.7 Å². The Labute approximate surface area is 52.2 Å². The lowest BCUT2D eigenvalue weighted by atomic mass is 10.4. The summed E-state index contributed by atoms with van der Waals surface area (Å²) in [4.78, 5) is 0. The van der Waals surface area contributed by atoms with Gasteiger partial charge in [-0.3, -0.25) is 0 Å². The fraction of sp³-hybridized carbons (Fsp3) is 1.00. The minimum atomic E-state index is 0.625. The summed E-state index contributed by atoms with van der Waals surface area (Å²) in [5.74, 6) is 0. The molecule has 0 aliphatic rings. The maximum absolute atomic E-state index is 7.53. The number of hydrogen-bond acceptors (Lipinski definition) is 2. The minimum absolute atomic E-state index is 0.625. The summed E-state index contributed by atoms with van der Waals surface area (Å²) in [5, 5.41) is 7.53. The van der Waals surface area contributed by atoms with Gasteiger partial charge in [0, 0.05) is 7.11 Å². The van der Waals surface area contributed by atoms with Crippen molar-refractivity contribution in [2.24, 2.45) is 0 Å². The SMILES string of the molecule is CCCC.CO[B]O. The Morgan fingerprint density at radius 3 is 1.62 bits per heavy atom. The van der Waals surface area contributed by atoms with Gasteiger partial charge in [-0.2, -0.15) is 0 Å². The van der Waals surface area contributed by atoms with Crippen LogP contribution in [0.3, 0.4) is 0 Å². The summed E-state index contributed by atoms with van der Waals surface area (Å²) >= 11 is 0. The van der Waals surface area contributed by atoms with E-state index in [9.17, 15) is 0 Å². The van der Waals surface area contributed by atoms with Gasteiger partial charge in [0.1, 0.15) is 0 Å². The number of rotatable bonds is 2. The predicted octanol–water partition coefficient (Wildman–Crippen LogP) is 0.966. The first kappa shape index (κ1) is 10.9. The van der Waals surface area contributed by atoms with Crippen LogP contribution in [0.15, 0.2) is 0 Å². The van der Waals surface area contributed by atoms with Gasteiger partial charge in [0.15, 0.2) is 0 Å². The third-order valence-electron chi connectivity index (χ3n) is 0.605. The Hall–Kier alpha value is -0.0151. The second-order valence-corrected chi connectivity index (χ2v) is 1.34. The van der Waals surface area contributed by atoms with Gasteiger partial charge < -0.3 is 9.68 Å². The zero-order valence-corrected chi connectivity index (χ0v) is 5.85. The van der Waals surface area contributed by atoms with Crippen LogP contribution < -0.4 is 0 Å². The lowest BCUT2D eigenvalue weighted by molar-refractivity contribution is 0.360. The Morgan fingerprint density at radius 1 is 1.38 bits per heavy atom. The van der Waals surface area contributed by atoms with Gasteiger partial charge in [-0.25, -0.2) is 0 Å². The standard InChI is InChI=1S/C4H10.CH4BO2/c1-3-4-2;1-4-2-3/h3-4H2,1-2H3;3H,1H3. The van der Waals surface area contributed by atoms with Gasteiger partial charge in [-0.1, -0.05) is 26.7 Å². The molecular weight excluding hydrogens is 103 g/mol. The quantitative estimate of drug-likeness (QED) is 0.546. The van der Waals surface area contributed by atoms with Crippen molar-refractivity contribution in [3.63, 3.8) is 0 Å². The molecule has 49 valence electrons. The van der Waals surface area contributed by atoms with E-state index in [2.05, 4.69) is 18.5 Å². The van der Waals surface area contributed by atoms with Crippen LogP contribution in [0.2, 0.25) is 0 Å². The second-order valence-electron chi connectivity index (χ2n) is 1.34. The molecule has 0 aromatic carbocycles. The maximum Gasteiger partial charge on any atom is 0.484 e. The van der Waals surface area contributed by atoms with Crippen molar-refractivity contribution < 1.29 is 9.68 Å². The van der Waals surface area contributed by atoms with Crippen molar-refractivity contribution in [1.82, 2.24) is 0 Å². The van der Waals surface area contributed by atoms with Crippen molar-refractivity contribution in [1.29, 1.82) is 0 Å². The summed E-state index contributed by atoms with van der Waals surface area (Å²) in [6.07, 6.45) is 2.64. The van der Waals surface area contributed by atoms with Crippen LogP contribution in [0.1, 0.15) is 26.7 Å². The molecule has 0 rings (SSSR count). The highest BCUT2D eigenvalue weighted by atomic mass is 16.5. The van der Waals surface area contributed by atoms with Gasteiger partial charge in [-0.05, 0) is 0 Å². The predicted molar refractivity (Wildman–Crippen MR) is 35.6 cm³/mol. The van der Waals surface area contributed by atoms with Crippen LogP contribution in [0.5, 0.6) is 0 Å². The lowest BCUT2D eigenvalue weighted by Gasteiger charge is -1.71. The smallest absolute Gasteiger partial charge is 0.429 e. The Morgan fingerprint density at radius 2 is 1.62 bits per heavy atom. The van der Waals surface area contributed by atoms with E-state index in [1.54, 1.807) is 0 Å². The van der Waals surface area contributed by atoms with Crippen LogP contribution >= 0.6 is 0 Å². The molecule has 1 radical (unpaired) electrons. The van der Waals surface area contributed by atoms with E-state index < -0.39 is 0 Å². The monoisotopic (exact) mass is 117 g/mol. The van der Waals surface area contributed by atoms with E-state index in [4.69, 9.17) is 5.02 Å². The zero-order valence-electron chi connectivity index (χ0n) is 5.85. The number of hydrogen-bond donors (Lipinski definition) is 1. The molecule has 0 unspecified atom stereocenters. The van der Waals surface area contributed by atoms with E-state index >= 15 is 0 Å². The van der Waals surface area contributed by atoms with E-state index in [0.717, 1.165) is 0 Å². The lowest BCUT2D eigenvalue weighted by Crippen LogP contribution is -1.86. The molecule has 0 bridgehead atoms. The van der Waals surface area contributed by atoms with Crippen molar-refractivity contribution in [2.75, 3.05) is 7.11 Å². The van der Waals surface area contributed by atoms with Gasteiger partial charge in [0.05, 0.1) is 0 Å². The van der Waals surface area contributed by atoms with Crippen LogP contribution in [-0.4, -0.2) is 19.8 Å². The minimum Gasteiger partial charge on any atom is -0.429 e. The first-order valence-corrected chi connectivity index (χ1v) is 2.82. The Balaban J connectivity index is 0. The molecule has 0 aromatic heterocycles. The van der Waals surface area contributed by atoms with Gasteiger partial charge in [-0.15, -0.1) is 0 Å². The molecule has 0 atom stereocenters. The largest absolute Gasteiger partial charge is 0.484 e. The molecule has 0 saturated carbocycles. The van der Waals surface area contributed by atoms with E-state index in [-0.39, 0.29) is 0 Å². The summed E-state index contributed by atoms with van der Waals surface area (Å²) in [6, 6.07) is 0. The molecule has 0 fully saturated rings. The summed E-state index contributed by atoms with van der Waals surface area (Å²) in [6.45, 7) is 4.36. The molecule has 8 heavy (non-hydrogen) atoms. The molecule has 0 saturated heterocycles. The van der Waals surface area contributed by atoms with E-state index in [1.165, 1.54) is 20.0 Å². The van der Waals surface area contributed by atoms with Gasteiger partial charge in [0.2, 0.25) is 0 Å². The van der Waals surface area contributed by atoms with E-state index in [0.29, 0.717) is 7.69 Å². The number of unbranched alkanes of at least 4 members (excludes halogenated alkanes) is 1. The second kappa shape index (κ2) is 15.8. The Kier molecular flexibility index (Phi) is 21.4. The topological polar surface area (TPSA) is 29.5 Å². The summed E-state index contributed by atoms with van der Waals surface area (Å²) in [7, 11) is 2.00. The van der Waals surface area contributed by atoms with Crippen molar-refractivity contribution >= 4 is 7.69 Å². The third-order valence-corrected chi connectivity index (χ3v) is 0.605. The normalized spacial score (nSPS) is 7.00. The fourth-order valence-electron chi connectivity index (χ4n) is 0. The van der Waals surface area contributed by atoms with Crippen LogP contribution in [0.25, 0.3) is 0 Å². The fourth-order valence-corrected chi connectivity index (χ4v) is 0. The summed E-state index contributed by atoms with van der Waals surface area (Å²) in [5.41, 5.74) is 0. The first-order valence-electron chi connectivity index (χ1n) is 2.82. The average molecular weight is 117 g/mol. The maximum atomic E-state index is 7.53. The highest BCUT2D eigenvalue weighted by Gasteiger charge is 1.65. The zero-order chi connectivity index (χ0) is 6.83. The molecular formula is C5H14BO2. The van der Waals surface area contributed by atoms with Crippen molar-refractivity contribution in [3.8, 4) is 0 Å². The first-order chi connectivity index (χ1) is 3.83. The third kappa shape index (κ3) is 37.7. The molecule has 2 nitrogen and oxygen atoms in total. The Bertz CT molecular complexity index is 18.4. The average Bonchev–Trinajstić information content (AvgIpc) is 1.88. The van der Waals surface area contributed by atoms with Crippen LogP contribution in [0.4, 0.5) is 0 Å². The van der Waals surface area contributed by atoms with Crippen LogP contribution in [0, 0.1) is 0 Å².